The van der Waals surface area contributed by atoms with Gasteiger partial charge in [0.2, 0.25) is 5.89 Å². The first-order valence-electron chi connectivity index (χ1n) is 5.57. The Labute approximate surface area is 104 Å². The number of nitrogens with zero attached hydrogens (tertiary/aromatic N) is 1. The lowest BCUT2D eigenvalue weighted by molar-refractivity contribution is 0.0698. The number of carboxylic acid groups (broad SMARTS) is 1. The highest BCUT2D eigenvalue weighted by atomic mass is 16.4. The van der Waals surface area contributed by atoms with Gasteiger partial charge in [0.25, 0.3) is 0 Å². The molecule has 2 rings (SSSR count). The lowest BCUT2D eigenvalue weighted by Crippen LogP contribution is -2.06. The number of aromatic carboxylic acids is 1. The Hall–Kier alpha value is -2.30. The molecule has 1 aromatic heterocycles. The molecule has 94 valence electrons. The molecular weight excluding hydrogens is 232 g/mol. The maximum atomic E-state index is 11.0. The molecule has 0 unspecified atom stereocenters. The van der Waals surface area contributed by atoms with Crippen LogP contribution >= 0.6 is 0 Å². The molecule has 0 aliphatic rings. The molecular formula is C13H14N2O3. The van der Waals surface area contributed by atoms with Crippen LogP contribution in [0.25, 0.3) is 0 Å². The van der Waals surface area contributed by atoms with Crippen molar-refractivity contribution in [2.75, 3.05) is 5.32 Å². The van der Waals surface area contributed by atoms with E-state index in [0.29, 0.717) is 18.1 Å². The molecule has 0 aliphatic carbocycles. The van der Waals surface area contributed by atoms with Gasteiger partial charge in [0.05, 0.1) is 17.8 Å². The van der Waals surface area contributed by atoms with Crippen LogP contribution in [0.1, 0.15) is 27.7 Å². The van der Waals surface area contributed by atoms with Gasteiger partial charge in [0.15, 0.2) is 0 Å². The van der Waals surface area contributed by atoms with Gasteiger partial charge in [-0.3, -0.25) is 0 Å². The van der Waals surface area contributed by atoms with E-state index in [9.17, 15) is 4.79 Å². The average Bonchev–Trinajstić information content (AvgIpc) is 2.66. The van der Waals surface area contributed by atoms with Crippen LogP contribution in [0.4, 0.5) is 5.69 Å². The standard InChI is InChI=1S/C13H14N2O3/c1-8-9(2)18-12(15-8)7-14-11-6-4-3-5-10(11)13(16)17/h3-6,14H,7H2,1-2H3,(H,16,17). The second kappa shape index (κ2) is 4.91. The first-order valence-corrected chi connectivity index (χ1v) is 5.57. The normalized spacial score (nSPS) is 10.3. The molecule has 18 heavy (non-hydrogen) atoms. The quantitative estimate of drug-likeness (QED) is 0.867. The van der Waals surface area contributed by atoms with E-state index in [1.807, 2.05) is 13.8 Å². The molecule has 0 saturated carbocycles. The highest BCUT2D eigenvalue weighted by Gasteiger charge is 2.10. The van der Waals surface area contributed by atoms with Crippen molar-refractivity contribution >= 4 is 11.7 Å². The van der Waals surface area contributed by atoms with Crippen LogP contribution in [-0.2, 0) is 6.54 Å². The van der Waals surface area contributed by atoms with Gasteiger partial charge < -0.3 is 14.8 Å². The fourth-order valence-corrected chi connectivity index (χ4v) is 1.61. The van der Waals surface area contributed by atoms with Crippen molar-refractivity contribution in [2.45, 2.75) is 20.4 Å². The molecule has 0 amide bonds. The summed E-state index contributed by atoms with van der Waals surface area (Å²) in [6.07, 6.45) is 0. The van der Waals surface area contributed by atoms with Crippen LogP contribution < -0.4 is 5.32 Å². The lowest BCUT2D eigenvalue weighted by atomic mass is 10.2. The summed E-state index contributed by atoms with van der Waals surface area (Å²) in [6, 6.07) is 6.73. The monoisotopic (exact) mass is 246 g/mol. The molecule has 5 heteroatoms. The Kier molecular flexibility index (Phi) is 3.32. The van der Waals surface area contributed by atoms with Crippen LogP contribution in [0.15, 0.2) is 28.7 Å². The summed E-state index contributed by atoms with van der Waals surface area (Å²) in [6.45, 7) is 4.07. The van der Waals surface area contributed by atoms with Gasteiger partial charge in [-0.15, -0.1) is 0 Å². The van der Waals surface area contributed by atoms with Crippen LogP contribution in [0.2, 0.25) is 0 Å². The number of carbonyl (C=O) groups is 1. The second-order valence-corrected chi connectivity index (χ2v) is 3.95. The van der Waals surface area contributed by atoms with E-state index in [1.165, 1.54) is 0 Å². The van der Waals surface area contributed by atoms with Crippen molar-refractivity contribution in [1.29, 1.82) is 0 Å². The number of benzene rings is 1. The number of hydrogen-bond donors (Lipinski definition) is 2. The summed E-state index contributed by atoms with van der Waals surface area (Å²) in [5.74, 6) is 0.362. The Morgan fingerprint density at radius 3 is 2.72 bits per heavy atom. The molecule has 0 atom stereocenters. The molecule has 2 aromatic rings. The molecule has 5 nitrogen and oxygen atoms in total. The molecule has 0 aliphatic heterocycles. The number of anilines is 1. The summed E-state index contributed by atoms with van der Waals surface area (Å²) in [5, 5.41) is 12.0. The Bertz CT molecular complexity index is 556. The van der Waals surface area contributed by atoms with Gasteiger partial charge in [-0.05, 0) is 26.0 Å². The van der Waals surface area contributed by atoms with Gasteiger partial charge in [-0.1, -0.05) is 12.1 Å². The summed E-state index contributed by atoms with van der Waals surface area (Å²) in [4.78, 5) is 15.2. The predicted octanol–water partition coefficient (Wildman–Crippen LogP) is 2.60. The molecule has 0 saturated heterocycles. The van der Waals surface area contributed by atoms with Crippen molar-refractivity contribution < 1.29 is 14.3 Å². The van der Waals surface area contributed by atoms with Gasteiger partial charge in [0.1, 0.15) is 5.76 Å². The van der Waals surface area contributed by atoms with E-state index >= 15 is 0 Å². The van der Waals surface area contributed by atoms with E-state index < -0.39 is 5.97 Å². The largest absolute Gasteiger partial charge is 0.478 e. The molecule has 0 radical (unpaired) electrons. The number of aromatic nitrogens is 1. The minimum absolute atomic E-state index is 0.234. The second-order valence-electron chi connectivity index (χ2n) is 3.95. The number of aryl methyl sites for hydroxylation is 2. The minimum atomic E-state index is -0.960. The fourth-order valence-electron chi connectivity index (χ4n) is 1.61. The van der Waals surface area contributed by atoms with Gasteiger partial charge >= 0.3 is 5.97 Å². The SMILES string of the molecule is Cc1nc(CNc2ccccc2C(=O)O)oc1C. The Balaban J connectivity index is 2.13. The van der Waals surface area contributed by atoms with Gasteiger partial charge in [0, 0.05) is 5.69 Å². The first kappa shape index (κ1) is 12.2. The summed E-state index contributed by atoms with van der Waals surface area (Å²) in [7, 11) is 0. The van der Waals surface area contributed by atoms with Crippen molar-refractivity contribution in [2.24, 2.45) is 0 Å². The number of hydrogen-bond acceptors (Lipinski definition) is 4. The number of rotatable bonds is 4. The predicted molar refractivity (Wildman–Crippen MR) is 66.7 cm³/mol. The van der Waals surface area contributed by atoms with E-state index in [-0.39, 0.29) is 5.56 Å². The number of nitrogens with one attached hydrogen (secondary N) is 1. The zero-order valence-corrected chi connectivity index (χ0v) is 10.2. The Morgan fingerprint density at radius 1 is 1.39 bits per heavy atom. The van der Waals surface area contributed by atoms with Gasteiger partial charge in [-0.2, -0.15) is 0 Å². The number of oxazole rings is 1. The van der Waals surface area contributed by atoms with Crippen molar-refractivity contribution in [3.8, 4) is 0 Å². The van der Waals surface area contributed by atoms with Crippen molar-refractivity contribution in [3.63, 3.8) is 0 Å². The van der Waals surface area contributed by atoms with Crippen LogP contribution in [0, 0.1) is 13.8 Å². The summed E-state index contributed by atoms with van der Waals surface area (Å²) in [5.41, 5.74) is 1.63. The number of carboxylic acids is 1. The fraction of sp³-hybridized carbons (Fsp3) is 0.231. The van der Waals surface area contributed by atoms with Gasteiger partial charge in [-0.25, -0.2) is 9.78 Å². The lowest BCUT2D eigenvalue weighted by Gasteiger charge is -2.06. The smallest absolute Gasteiger partial charge is 0.337 e. The van der Waals surface area contributed by atoms with E-state index in [2.05, 4.69) is 10.3 Å². The molecule has 0 fully saturated rings. The summed E-state index contributed by atoms with van der Waals surface area (Å²) < 4.78 is 5.42. The van der Waals surface area contributed by atoms with Crippen LogP contribution in [-0.4, -0.2) is 16.1 Å². The number of para-hydroxylation sites is 1. The third-order valence-electron chi connectivity index (χ3n) is 2.66. The molecule has 0 bridgehead atoms. The zero-order chi connectivity index (χ0) is 13.1. The Morgan fingerprint density at radius 2 is 2.11 bits per heavy atom. The first-order chi connectivity index (χ1) is 8.58. The third kappa shape index (κ3) is 2.51. The van der Waals surface area contributed by atoms with E-state index in [1.54, 1.807) is 24.3 Å². The summed E-state index contributed by atoms with van der Waals surface area (Å²) >= 11 is 0. The molecule has 0 spiro atoms. The van der Waals surface area contributed by atoms with Crippen LogP contribution in [0.3, 0.4) is 0 Å². The van der Waals surface area contributed by atoms with Crippen molar-refractivity contribution in [3.05, 3.63) is 47.2 Å². The maximum Gasteiger partial charge on any atom is 0.337 e. The molecule has 1 heterocycles. The topological polar surface area (TPSA) is 75.4 Å². The van der Waals surface area contributed by atoms with E-state index in [4.69, 9.17) is 9.52 Å². The minimum Gasteiger partial charge on any atom is -0.478 e. The van der Waals surface area contributed by atoms with Crippen molar-refractivity contribution in [1.82, 2.24) is 4.98 Å². The molecule has 2 N–H and O–H groups in total. The van der Waals surface area contributed by atoms with E-state index in [0.717, 1.165) is 11.5 Å². The maximum absolute atomic E-state index is 11.0. The van der Waals surface area contributed by atoms with Crippen LogP contribution in [0.5, 0.6) is 0 Å². The highest BCUT2D eigenvalue weighted by molar-refractivity contribution is 5.94. The molecule has 1 aromatic carbocycles. The average molecular weight is 246 g/mol. The third-order valence-corrected chi connectivity index (χ3v) is 2.66. The zero-order valence-electron chi connectivity index (χ0n) is 10.2. The highest BCUT2D eigenvalue weighted by Crippen LogP contribution is 2.16.